The van der Waals surface area contributed by atoms with Crippen LogP contribution in [0.25, 0.3) is 0 Å². The van der Waals surface area contributed by atoms with Gasteiger partial charge in [-0.3, -0.25) is 9.69 Å². The Kier molecular flexibility index (Phi) is 6.57. The number of amides is 1. The Morgan fingerprint density at radius 3 is 2.40 bits per heavy atom. The molecule has 1 atom stereocenters. The highest BCUT2D eigenvalue weighted by Gasteiger charge is 2.38. The number of furan rings is 1. The zero-order chi connectivity index (χ0) is 20.9. The molecular formula is C22H17Cl2N3O2S. The standard InChI is InChI=1S/C22H17Cl2N3O2S/c23-17-7-3-15(4-8-17)12-20-21(28)27(14-19-2-1-11-29-19)22(30-20)26-25-13-16-5-9-18(24)10-6-16/h1-11,13,20H,12,14H2/b25-13-,26-22-/t20-/m0/s1. The van der Waals surface area contributed by atoms with Crippen molar-refractivity contribution in [3.63, 3.8) is 0 Å². The summed E-state index contributed by atoms with van der Waals surface area (Å²) in [4.78, 5) is 14.7. The average Bonchev–Trinajstić information content (AvgIpc) is 3.35. The van der Waals surface area contributed by atoms with Crippen molar-refractivity contribution in [1.82, 2.24) is 4.90 Å². The summed E-state index contributed by atoms with van der Waals surface area (Å²) in [5, 5.41) is 10.1. The van der Waals surface area contributed by atoms with Gasteiger partial charge in [0.2, 0.25) is 5.91 Å². The van der Waals surface area contributed by atoms with Crippen molar-refractivity contribution in [3.05, 3.63) is 93.9 Å². The van der Waals surface area contributed by atoms with Gasteiger partial charge in [-0.15, -0.1) is 5.10 Å². The molecule has 3 aromatic rings. The SMILES string of the molecule is O=C1[C@H](Cc2ccc(Cl)cc2)S/C(=N\N=C/c2ccc(Cl)cc2)N1Cc1ccco1. The van der Waals surface area contributed by atoms with Crippen molar-refractivity contribution in [1.29, 1.82) is 0 Å². The molecule has 8 heteroatoms. The van der Waals surface area contributed by atoms with Gasteiger partial charge in [-0.2, -0.15) is 5.10 Å². The van der Waals surface area contributed by atoms with Crippen LogP contribution >= 0.6 is 35.0 Å². The minimum Gasteiger partial charge on any atom is -0.467 e. The predicted molar refractivity (Wildman–Crippen MR) is 122 cm³/mol. The normalized spacial score (nSPS) is 18.1. The second-order valence-electron chi connectivity index (χ2n) is 6.62. The van der Waals surface area contributed by atoms with Crippen LogP contribution in [-0.2, 0) is 17.8 Å². The maximum Gasteiger partial charge on any atom is 0.242 e. The van der Waals surface area contributed by atoms with Crippen LogP contribution in [0.5, 0.6) is 0 Å². The zero-order valence-corrected chi connectivity index (χ0v) is 18.1. The molecule has 1 saturated heterocycles. The summed E-state index contributed by atoms with van der Waals surface area (Å²) >= 11 is 13.3. The lowest BCUT2D eigenvalue weighted by Crippen LogP contribution is -2.32. The van der Waals surface area contributed by atoms with E-state index in [0.29, 0.717) is 33.9 Å². The van der Waals surface area contributed by atoms with E-state index in [0.717, 1.165) is 11.1 Å². The van der Waals surface area contributed by atoms with E-state index in [9.17, 15) is 4.79 Å². The highest BCUT2D eigenvalue weighted by molar-refractivity contribution is 8.15. The first-order valence-electron chi connectivity index (χ1n) is 9.20. The van der Waals surface area contributed by atoms with Crippen molar-refractivity contribution in [2.45, 2.75) is 18.2 Å². The predicted octanol–water partition coefficient (Wildman–Crippen LogP) is 5.66. The number of hydrogen-bond acceptors (Lipinski definition) is 5. The van der Waals surface area contributed by atoms with Gasteiger partial charge in [0, 0.05) is 10.0 Å². The molecule has 30 heavy (non-hydrogen) atoms. The highest BCUT2D eigenvalue weighted by atomic mass is 35.5. The molecule has 1 aliphatic heterocycles. The number of halogens is 2. The number of thioether (sulfide) groups is 1. The third kappa shape index (κ3) is 5.14. The summed E-state index contributed by atoms with van der Waals surface area (Å²) in [6, 6.07) is 18.4. The van der Waals surface area contributed by atoms with E-state index < -0.39 is 0 Å². The van der Waals surface area contributed by atoms with E-state index in [2.05, 4.69) is 10.2 Å². The van der Waals surface area contributed by atoms with E-state index in [1.54, 1.807) is 35.6 Å². The molecule has 2 heterocycles. The van der Waals surface area contributed by atoms with E-state index in [1.807, 2.05) is 42.5 Å². The van der Waals surface area contributed by atoms with E-state index in [1.165, 1.54) is 11.8 Å². The van der Waals surface area contributed by atoms with E-state index >= 15 is 0 Å². The fraction of sp³-hybridized carbons (Fsp3) is 0.136. The number of carbonyl (C=O) groups excluding carboxylic acids is 1. The van der Waals surface area contributed by atoms with Gasteiger partial charge >= 0.3 is 0 Å². The lowest BCUT2D eigenvalue weighted by molar-refractivity contribution is -0.126. The fourth-order valence-electron chi connectivity index (χ4n) is 2.95. The van der Waals surface area contributed by atoms with Gasteiger partial charge in [-0.1, -0.05) is 59.2 Å². The first kappa shape index (κ1) is 20.7. The summed E-state index contributed by atoms with van der Waals surface area (Å²) in [7, 11) is 0. The van der Waals surface area contributed by atoms with Gasteiger partial charge in [0.1, 0.15) is 5.76 Å². The van der Waals surface area contributed by atoms with Crippen molar-refractivity contribution in [2.75, 3.05) is 0 Å². The van der Waals surface area contributed by atoms with Gasteiger partial charge in [-0.05, 0) is 53.9 Å². The minimum atomic E-state index is -0.286. The zero-order valence-electron chi connectivity index (χ0n) is 15.7. The third-order valence-electron chi connectivity index (χ3n) is 4.47. The van der Waals surface area contributed by atoms with Gasteiger partial charge in [0.15, 0.2) is 5.17 Å². The fourth-order valence-corrected chi connectivity index (χ4v) is 4.33. The molecule has 0 radical (unpaired) electrons. The van der Waals surface area contributed by atoms with Crippen LogP contribution in [0.4, 0.5) is 0 Å². The highest BCUT2D eigenvalue weighted by Crippen LogP contribution is 2.31. The Morgan fingerprint density at radius 2 is 1.73 bits per heavy atom. The molecule has 0 N–H and O–H groups in total. The molecule has 1 fully saturated rings. The molecule has 0 aliphatic carbocycles. The molecule has 0 saturated carbocycles. The molecule has 1 amide bonds. The quantitative estimate of drug-likeness (QED) is 0.354. The van der Waals surface area contributed by atoms with E-state index in [-0.39, 0.29) is 11.2 Å². The third-order valence-corrected chi connectivity index (χ3v) is 6.14. The lowest BCUT2D eigenvalue weighted by atomic mass is 10.1. The summed E-state index contributed by atoms with van der Waals surface area (Å²) in [5.41, 5.74) is 1.91. The van der Waals surface area contributed by atoms with Crippen LogP contribution in [0.2, 0.25) is 10.0 Å². The molecule has 0 spiro atoms. The second-order valence-corrected chi connectivity index (χ2v) is 8.66. The Bertz CT molecular complexity index is 1060. The van der Waals surface area contributed by atoms with Crippen molar-refractivity contribution < 1.29 is 9.21 Å². The molecule has 0 unspecified atom stereocenters. The van der Waals surface area contributed by atoms with Gasteiger partial charge in [0.05, 0.1) is 24.3 Å². The Labute approximate surface area is 188 Å². The van der Waals surface area contributed by atoms with Gasteiger partial charge < -0.3 is 4.42 Å². The summed E-state index contributed by atoms with van der Waals surface area (Å²) in [5.74, 6) is 0.664. The van der Waals surface area contributed by atoms with Crippen LogP contribution in [0, 0.1) is 0 Å². The van der Waals surface area contributed by atoms with Crippen molar-refractivity contribution in [3.8, 4) is 0 Å². The average molecular weight is 458 g/mol. The minimum absolute atomic E-state index is 0.0215. The van der Waals surface area contributed by atoms with Crippen molar-refractivity contribution >= 4 is 52.3 Å². The summed E-state index contributed by atoms with van der Waals surface area (Å²) < 4.78 is 5.42. The number of carbonyl (C=O) groups is 1. The molecule has 2 aromatic carbocycles. The molecule has 4 rings (SSSR count). The smallest absolute Gasteiger partial charge is 0.242 e. The molecule has 5 nitrogen and oxygen atoms in total. The monoisotopic (exact) mass is 457 g/mol. The van der Waals surface area contributed by atoms with Crippen LogP contribution in [-0.4, -0.2) is 27.4 Å². The first-order valence-corrected chi connectivity index (χ1v) is 10.8. The first-order chi connectivity index (χ1) is 14.6. The lowest BCUT2D eigenvalue weighted by Gasteiger charge is -2.14. The Balaban J connectivity index is 1.54. The Morgan fingerprint density at radius 1 is 1.03 bits per heavy atom. The van der Waals surface area contributed by atoms with E-state index in [4.69, 9.17) is 27.6 Å². The maximum absolute atomic E-state index is 13.1. The number of amidine groups is 1. The van der Waals surface area contributed by atoms with Crippen LogP contribution < -0.4 is 0 Å². The van der Waals surface area contributed by atoms with Gasteiger partial charge in [-0.25, -0.2) is 0 Å². The molecule has 152 valence electrons. The maximum atomic E-state index is 13.1. The molecular weight excluding hydrogens is 441 g/mol. The molecule has 1 aliphatic rings. The summed E-state index contributed by atoms with van der Waals surface area (Å²) in [6.07, 6.45) is 3.80. The number of benzene rings is 2. The molecule has 1 aromatic heterocycles. The van der Waals surface area contributed by atoms with Crippen LogP contribution in [0.15, 0.2) is 81.5 Å². The van der Waals surface area contributed by atoms with Crippen molar-refractivity contribution in [2.24, 2.45) is 10.2 Å². The topological polar surface area (TPSA) is 58.2 Å². The Hall–Kier alpha value is -2.54. The second kappa shape index (κ2) is 9.51. The largest absolute Gasteiger partial charge is 0.467 e. The van der Waals surface area contributed by atoms with Crippen LogP contribution in [0.1, 0.15) is 16.9 Å². The number of nitrogens with zero attached hydrogens (tertiary/aromatic N) is 3. The van der Waals surface area contributed by atoms with Crippen LogP contribution in [0.3, 0.4) is 0 Å². The number of rotatable bonds is 6. The van der Waals surface area contributed by atoms with Gasteiger partial charge in [0.25, 0.3) is 0 Å². The number of hydrogen-bond donors (Lipinski definition) is 0. The summed E-state index contributed by atoms with van der Waals surface area (Å²) in [6.45, 7) is 0.311. The molecule has 0 bridgehead atoms.